The number of aryl methyl sites for hydroxylation is 1. The lowest BCUT2D eigenvalue weighted by atomic mass is 10.2. The van der Waals surface area contributed by atoms with Crippen LogP contribution in [0, 0.1) is 6.92 Å². The lowest BCUT2D eigenvalue weighted by molar-refractivity contribution is -0.122. The molecule has 0 bridgehead atoms. The third kappa shape index (κ3) is 2.82. The van der Waals surface area contributed by atoms with E-state index in [-0.39, 0.29) is 5.78 Å². The Morgan fingerprint density at radius 2 is 2.00 bits per heavy atom. The first-order valence-electron chi connectivity index (χ1n) is 5.82. The van der Waals surface area contributed by atoms with E-state index >= 15 is 0 Å². The summed E-state index contributed by atoms with van der Waals surface area (Å²) in [7, 11) is 0. The summed E-state index contributed by atoms with van der Waals surface area (Å²) in [4.78, 5) is 15.7. The molecule has 2 rings (SSSR count). The fourth-order valence-corrected chi connectivity index (χ4v) is 2.22. The first kappa shape index (κ1) is 14.1. The molecule has 0 unspecified atom stereocenters. The molecule has 0 aliphatic heterocycles. The maximum absolute atomic E-state index is 11.3. The molecule has 0 aliphatic carbocycles. The summed E-state index contributed by atoms with van der Waals surface area (Å²) in [6.45, 7) is 5.01. The minimum absolute atomic E-state index is 0.0770. The van der Waals surface area contributed by atoms with E-state index in [0.717, 1.165) is 11.1 Å². The molecule has 5 heteroatoms. The highest BCUT2D eigenvalue weighted by molar-refractivity contribution is 6.39. The highest BCUT2D eigenvalue weighted by Crippen LogP contribution is 2.37. The maximum atomic E-state index is 11.3. The van der Waals surface area contributed by atoms with Crippen LogP contribution in [-0.4, -0.2) is 16.9 Å². The fraction of sp³-hybridized carbons (Fsp3) is 0.286. The van der Waals surface area contributed by atoms with Crippen molar-refractivity contribution in [3.05, 3.63) is 33.9 Å². The Hall–Kier alpha value is -1.32. The van der Waals surface area contributed by atoms with Crippen LogP contribution >= 0.6 is 23.2 Å². The van der Waals surface area contributed by atoms with Crippen LogP contribution < -0.4 is 4.74 Å². The van der Waals surface area contributed by atoms with Crippen LogP contribution in [0.25, 0.3) is 10.9 Å². The summed E-state index contributed by atoms with van der Waals surface area (Å²) in [5.74, 6) is 0.319. The molecule has 0 spiro atoms. The van der Waals surface area contributed by atoms with Crippen LogP contribution in [-0.2, 0) is 4.79 Å². The van der Waals surface area contributed by atoms with Crippen molar-refractivity contribution in [2.75, 3.05) is 0 Å². The summed E-state index contributed by atoms with van der Waals surface area (Å²) in [6, 6.07) is 5.33. The van der Waals surface area contributed by atoms with E-state index in [4.69, 9.17) is 27.9 Å². The minimum atomic E-state index is -0.579. The molecule has 19 heavy (non-hydrogen) atoms. The summed E-state index contributed by atoms with van der Waals surface area (Å²) in [5.41, 5.74) is 1.40. The number of benzene rings is 1. The van der Waals surface area contributed by atoms with Gasteiger partial charge in [-0.3, -0.25) is 4.79 Å². The van der Waals surface area contributed by atoms with Crippen LogP contribution in [0.1, 0.15) is 19.5 Å². The Kier molecular flexibility index (Phi) is 3.97. The normalized spacial score (nSPS) is 12.5. The lowest BCUT2D eigenvalue weighted by Gasteiger charge is -2.15. The number of rotatable bonds is 3. The SMILES string of the molecule is CC(=O)[C@H](C)Oc1c(Cl)cc(Cl)c2ccc(C)nc12. The van der Waals surface area contributed by atoms with Crippen LogP contribution in [0.5, 0.6) is 5.75 Å². The van der Waals surface area contributed by atoms with Gasteiger partial charge in [-0.15, -0.1) is 0 Å². The van der Waals surface area contributed by atoms with Gasteiger partial charge in [0.15, 0.2) is 17.6 Å². The molecule has 1 aromatic carbocycles. The van der Waals surface area contributed by atoms with Gasteiger partial charge in [0, 0.05) is 11.1 Å². The largest absolute Gasteiger partial charge is 0.479 e. The molecule has 1 heterocycles. The van der Waals surface area contributed by atoms with E-state index in [1.165, 1.54) is 6.92 Å². The Labute approximate surface area is 121 Å². The molecule has 0 saturated carbocycles. The number of carbonyl (C=O) groups excluding carboxylic acids is 1. The van der Waals surface area contributed by atoms with Gasteiger partial charge in [0.2, 0.25) is 0 Å². The molecular weight excluding hydrogens is 285 g/mol. The summed E-state index contributed by atoms with van der Waals surface area (Å²) < 4.78 is 5.63. The smallest absolute Gasteiger partial charge is 0.169 e. The van der Waals surface area contributed by atoms with E-state index < -0.39 is 6.10 Å². The molecule has 0 radical (unpaired) electrons. The van der Waals surface area contributed by atoms with Crippen molar-refractivity contribution in [3.8, 4) is 5.75 Å². The highest BCUT2D eigenvalue weighted by atomic mass is 35.5. The number of aromatic nitrogens is 1. The Bertz CT molecular complexity index is 655. The van der Waals surface area contributed by atoms with Crippen LogP contribution in [0.15, 0.2) is 18.2 Å². The predicted octanol–water partition coefficient (Wildman–Crippen LogP) is 4.21. The van der Waals surface area contributed by atoms with Crippen molar-refractivity contribution in [2.45, 2.75) is 26.9 Å². The van der Waals surface area contributed by atoms with Crippen molar-refractivity contribution in [3.63, 3.8) is 0 Å². The first-order chi connectivity index (χ1) is 8.90. The van der Waals surface area contributed by atoms with Crippen LogP contribution in [0.4, 0.5) is 0 Å². The zero-order chi connectivity index (χ0) is 14.2. The van der Waals surface area contributed by atoms with Crippen molar-refractivity contribution < 1.29 is 9.53 Å². The third-order valence-electron chi connectivity index (χ3n) is 2.84. The number of Topliss-reactive ketones (excluding diaryl/α,β-unsaturated/α-hetero) is 1. The van der Waals surface area contributed by atoms with Crippen LogP contribution in [0.2, 0.25) is 10.0 Å². The number of fused-ring (bicyclic) bond motifs is 1. The first-order valence-corrected chi connectivity index (χ1v) is 6.58. The molecule has 0 aliphatic rings. The number of ether oxygens (including phenoxy) is 1. The summed E-state index contributed by atoms with van der Waals surface area (Å²) >= 11 is 12.3. The molecule has 2 aromatic rings. The van der Waals surface area contributed by atoms with E-state index in [9.17, 15) is 4.79 Å². The molecule has 3 nitrogen and oxygen atoms in total. The fourth-order valence-electron chi connectivity index (χ4n) is 1.66. The highest BCUT2D eigenvalue weighted by Gasteiger charge is 2.17. The monoisotopic (exact) mass is 297 g/mol. The summed E-state index contributed by atoms with van der Waals surface area (Å²) in [6.07, 6.45) is -0.579. The number of ketones is 1. The number of carbonyl (C=O) groups is 1. The van der Waals surface area contributed by atoms with Crippen LogP contribution in [0.3, 0.4) is 0 Å². The molecule has 1 aromatic heterocycles. The van der Waals surface area contributed by atoms with Gasteiger partial charge >= 0.3 is 0 Å². The van der Waals surface area contributed by atoms with Gasteiger partial charge < -0.3 is 4.74 Å². The molecule has 0 fully saturated rings. The maximum Gasteiger partial charge on any atom is 0.169 e. The molecule has 0 amide bonds. The zero-order valence-corrected chi connectivity index (χ0v) is 12.3. The van der Waals surface area contributed by atoms with Crippen molar-refractivity contribution in [2.24, 2.45) is 0 Å². The van der Waals surface area contributed by atoms with Gasteiger partial charge in [-0.05, 0) is 39.0 Å². The van der Waals surface area contributed by atoms with E-state index in [1.807, 2.05) is 19.1 Å². The second-order valence-corrected chi connectivity index (χ2v) is 5.20. The molecular formula is C14H13Cl2NO2. The van der Waals surface area contributed by atoms with E-state index in [1.54, 1.807) is 13.0 Å². The van der Waals surface area contributed by atoms with Gasteiger partial charge in [-0.25, -0.2) is 4.98 Å². The number of hydrogen-bond acceptors (Lipinski definition) is 3. The standard InChI is InChI=1S/C14H13Cl2NO2/c1-7-4-5-10-11(15)6-12(16)14(13(10)17-7)19-9(3)8(2)18/h4-6,9H,1-3H3/t9-/m0/s1. The average Bonchev–Trinajstić information content (AvgIpc) is 2.33. The predicted molar refractivity (Wildman–Crippen MR) is 77.3 cm³/mol. The Morgan fingerprint density at radius 1 is 1.32 bits per heavy atom. The average molecular weight is 298 g/mol. The van der Waals surface area contributed by atoms with Crippen molar-refractivity contribution >= 4 is 39.9 Å². The second-order valence-electron chi connectivity index (χ2n) is 4.39. The molecule has 100 valence electrons. The number of pyridine rings is 1. The Balaban J connectivity index is 2.64. The van der Waals surface area contributed by atoms with Gasteiger partial charge in [0.05, 0.1) is 10.0 Å². The zero-order valence-electron chi connectivity index (χ0n) is 10.8. The van der Waals surface area contributed by atoms with E-state index in [0.29, 0.717) is 21.3 Å². The van der Waals surface area contributed by atoms with Crippen molar-refractivity contribution in [1.29, 1.82) is 0 Å². The van der Waals surface area contributed by atoms with Gasteiger partial charge in [-0.1, -0.05) is 23.2 Å². The lowest BCUT2D eigenvalue weighted by Crippen LogP contribution is -2.21. The summed E-state index contributed by atoms with van der Waals surface area (Å²) in [5, 5.41) is 1.61. The van der Waals surface area contributed by atoms with E-state index in [2.05, 4.69) is 4.98 Å². The van der Waals surface area contributed by atoms with Gasteiger partial charge in [0.1, 0.15) is 5.52 Å². The quantitative estimate of drug-likeness (QED) is 0.852. The minimum Gasteiger partial charge on any atom is -0.479 e. The number of halogens is 2. The topological polar surface area (TPSA) is 39.2 Å². The van der Waals surface area contributed by atoms with Crippen molar-refractivity contribution in [1.82, 2.24) is 4.98 Å². The number of hydrogen-bond donors (Lipinski definition) is 0. The molecule has 0 N–H and O–H groups in total. The molecule has 0 saturated heterocycles. The Morgan fingerprint density at radius 3 is 2.63 bits per heavy atom. The molecule has 1 atom stereocenters. The van der Waals surface area contributed by atoms with Gasteiger partial charge in [0.25, 0.3) is 0 Å². The van der Waals surface area contributed by atoms with Gasteiger partial charge in [-0.2, -0.15) is 0 Å². The second kappa shape index (κ2) is 5.35. The third-order valence-corrected chi connectivity index (χ3v) is 3.44. The number of nitrogens with zero attached hydrogens (tertiary/aromatic N) is 1.